The van der Waals surface area contributed by atoms with E-state index in [-0.39, 0.29) is 17.2 Å². The molecule has 0 aliphatic carbocycles. The summed E-state index contributed by atoms with van der Waals surface area (Å²) < 4.78 is 4.99. The van der Waals surface area contributed by atoms with Gasteiger partial charge in [-0.15, -0.1) is 0 Å². The van der Waals surface area contributed by atoms with Crippen LogP contribution in [0.15, 0.2) is 18.2 Å². The van der Waals surface area contributed by atoms with Crippen molar-refractivity contribution in [2.75, 3.05) is 32.1 Å². The molecule has 1 N–H and O–H groups in total. The Labute approximate surface area is 147 Å². The minimum atomic E-state index is -0.770. The SMILES string of the molecule is CCCCCCNC(=O)COC(=O)c1cc([N+](=O)[O-])ccc1N(C)C. The Bertz CT molecular complexity index is 616. The number of nitro benzene ring substituents is 1. The van der Waals surface area contributed by atoms with Crippen LogP contribution in [-0.4, -0.2) is 44.0 Å². The molecule has 1 aromatic carbocycles. The molecule has 0 radical (unpaired) electrons. The van der Waals surface area contributed by atoms with E-state index in [0.717, 1.165) is 31.7 Å². The Kier molecular flexibility index (Phi) is 8.38. The zero-order valence-electron chi connectivity index (χ0n) is 14.9. The second kappa shape index (κ2) is 10.3. The van der Waals surface area contributed by atoms with Gasteiger partial charge in [-0.2, -0.15) is 0 Å². The lowest BCUT2D eigenvalue weighted by molar-refractivity contribution is -0.384. The van der Waals surface area contributed by atoms with Gasteiger partial charge in [0.2, 0.25) is 0 Å². The van der Waals surface area contributed by atoms with Crippen molar-refractivity contribution < 1.29 is 19.2 Å². The Morgan fingerprint density at radius 2 is 1.96 bits per heavy atom. The number of amides is 1. The van der Waals surface area contributed by atoms with Crippen LogP contribution in [0.25, 0.3) is 0 Å². The highest BCUT2D eigenvalue weighted by Crippen LogP contribution is 2.24. The van der Waals surface area contributed by atoms with E-state index in [1.807, 2.05) is 0 Å². The number of hydrogen-bond acceptors (Lipinski definition) is 6. The van der Waals surface area contributed by atoms with Gasteiger partial charge in [0.15, 0.2) is 6.61 Å². The number of nitrogens with zero attached hydrogens (tertiary/aromatic N) is 2. The molecule has 0 unspecified atom stereocenters. The predicted octanol–water partition coefficient (Wildman–Crippen LogP) is 2.51. The summed E-state index contributed by atoms with van der Waals surface area (Å²) in [4.78, 5) is 35.9. The van der Waals surface area contributed by atoms with Crippen molar-refractivity contribution in [2.24, 2.45) is 0 Å². The standard InChI is InChI=1S/C17H25N3O5/c1-4-5-6-7-10-18-16(21)12-25-17(22)14-11-13(20(23)24)8-9-15(14)19(2)3/h8-9,11H,4-7,10,12H2,1-3H3,(H,18,21). The van der Waals surface area contributed by atoms with Crippen molar-refractivity contribution in [1.29, 1.82) is 0 Å². The summed E-state index contributed by atoms with van der Waals surface area (Å²) in [6, 6.07) is 3.94. The molecule has 0 bridgehead atoms. The Hall–Kier alpha value is -2.64. The van der Waals surface area contributed by atoms with Crippen LogP contribution in [0.4, 0.5) is 11.4 Å². The molecule has 0 atom stereocenters. The number of anilines is 1. The summed E-state index contributed by atoms with van der Waals surface area (Å²) in [5, 5.41) is 13.6. The summed E-state index contributed by atoms with van der Waals surface area (Å²) in [5.41, 5.74) is 0.323. The lowest BCUT2D eigenvalue weighted by atomic mass is 10.1. The van der Waals surface area contributed by atoms with E-state index >= 15 is 0 Å². The van der Waals surface area contributed by atoms with E-state index in [2.05, 4.69) is 12.2 Å². The van der Waals surface area contributed by atoms with Crippen molar-refractivity contribution in [2.45, 2.75) is 32.6 Å². The number of ether oxygens (including phenoxy) is 1. The fourth-order valence-electron chi connectivity index (χ4n) is 2.23. The summed E-state index contributed by atoms with van der Waals surface area (Å²) in [6.45, 7) is 2.23. The van der Waals surface area contributed by atoms with Gasteiger partial charge in [-0.3, -0.25) is 14.9 Å². The monoisotopic (exact) mass is 351 g/mol. The summed E-state index contributed by atoms with van der Waals surface area (Å²) in [6.07, 6.45) is 4.15. The number of rotatable bonds is 10. The Balaban J connectivity index is 2.63. The molecule has 0 aromatic heterocycles. The Morgan fingerprint density at radius 1 is 1.24 bits per heavy atom. The fourth-order valence-corrected chi connectivity index (χ4v) is 2.23. The van der Waals surface area contributed by atoms with Crippen LogP contribution >= 0.6 is 0 Å². The molecule has 0 fully saturated rings. The summed E-state index contributed by atoms with van der Waals surface area (Å²) in [7, 11) is 3.42. The van der Waals surface area contributed by atoms with Crippen LogP contribution < -0.4 is 10.2 Å². The number of carbonyl (C=O) groups is 2. The average Bonchev–Trinajstić information content (AvgIpc) is 2.58. The van der Waals surface area contributed by atoms with Gasteiger partial charge >= 0.3 is 5.97 Å². The molecule has 0 heterocycles. The number of unbranched alkanes of at least 4 members (excludes halogenated alkanes) is 3. The van der Waals surface area contributed by atoms with Gasteiger partial charge < -0.3 is 15.0 Å². The highest BCUT2D eigenvalue weighted by molar-refractivity contribution is 5.97. The molecule has 1 amide bonds. The van der Waals surface area contributed by atoms with Gasteiger partial charge in [-0.25, -0.2) is 4.79 Å². The van der Waals surface area contributed by atoms with Gasteiger partial charge in [0, 0.05) is 32.8 Å². The third kappa shape index (κ3) is 6.78. The third-order valence-electron chi connectivity index (χ3n) is 3.58. The largest absolute Gasteiger partial charge is 0.452 e. The lowest BCUT2D eigenvalue weighted by Gasteiger charge is -2.16. The first-order valence-electron chi connectivity index (χ1n) is 8.26. The first kappa shape index (κ1) is 20.4. The topological polar surface area (TPSA) is 102 Å². The van der Waals surface area contributed by atoms with Gasteiger partial charge in [0.05, 0.1) is 16.2 Å². The van der Waals surface area contributed by atoms with E-state index in [1.165, 1.54) is 12.1 Å². The second-order valence-electron chi connectivity index (χ2n) is 5.84. The number of esters is 1. The molecular formula is C17H25N3O5. The molecule has 0 spiro atoms. The maximum Gasteiger partial charge on any atom is 0.341 e. The summed E-state index contributed by atoms with van der Waals surface area (Å²) in [5.74, 6) is -1.16. The zero-order chi connectivity index (χ0) is 18.8. The predicted molar refractivity (Wildman–Crippen MR) is 94.9 cm³/mol. The number of hydrogen-bond donors (Lipinski definition) is 1. The first-order chi connectivity index (χ1) is 11.9. The minimum Gasteiger partial charge on any atom is -0.452 e. The molecule has 0 aliphatic rings. The van der Waals surface area contributed by atoms with Gasteiger partial charge in [0.1, 0.15) is 0 Å². The smallest absolute Gasteiger partial charge is 0.341 e. The highest BCUT2D eigenvalue weighted by atomic mass is 16.6. The lowest BCUT2D eigenvalue weighted by Crippen LogP contribution is -2.29. The van der Waals surface area contributed by atoms with E-state index in [9.17, 15) is 19.7 Å². The molecule has 1 rings (SSSR count). The summed E-state index contributed by atoms with van der Waals surface area (Å²) >= 11 is 0. The van der Waals surface area contributed by atoms with Crippen LogP contribution in [0.2, 0.25) is 0 Å². The average molecular weight is 351 g/mol. The maximum atomic E-state index is 12.2. The van der Waals surface area contributed by atoms with Crippen molar-refractivity contribution in [1.82, 2.24) is 5.32 Å². The van der Waals surface area contributed by atoms with Crippen LogP contribution in [0.1, 0.15) is 43.0 Å². The highest BCUT2D eigenvalue weighted by Gasteiger charge is 2.20. The number of benzene rings is 1. The van der Waals surface area contributed by atoms with Crippen molar-refractivity contribution in [3.8, 4) is 0 Å². The normalized spacial score (nSPS) is 10.2. The molecule has 0 saturated carbocycles. The molecule has 8 heteroatoms. The van der Waals surface area contributed by atoms with Crippen molar-refractivity contribution in [3.05, 3.63) is 33.9 Å². The van der Waals surface area contributed by atoms with E-state index < -0.39 is 17.5 Å². The molecule has 138 valence electrons. The van der Waals surface area contributed by atoms with Crippen molar-refractivity contribution >= 4 is 23.3 Å². The van der Waals surface area contributed by atoms with Crippen LogP contribution in [0.5, 0.6) is 0 Å². The third-order valence-corrected chi connectivity index (χ3v) is 3.58. The van der Waals surface area contributed by atoms with E-state index in [1.54, 1.807) is 19.0 Å². The van der Waals surface area contributed by atoms with Gasteiger partial charge in [-0.05, 0) is 12.5 Å². The van der Waals surface area contributed by atoms with Crippen LogP contribution in [0.3, 0.4) is 0 Å². The van der Waals surface area contributed by atoms with E-state index in [4.69, 9.17) is 4.74 Å². The second-order valence-corrected chi connectivity index (χ2v) is 5.84. The Morgan fingerprint density at radius 3 is 2.56 bits per heavy atom. The number of nitrogens with one attached hydrogen (secondary N) is 1. The molecule has 25 heavy (non-hydrogen) atoms. The van der Waals surface area contributed by atoms with Crippen molar-refractivity contribution in [3.63, 3.8) is 0 Å². The number of carbonyl (C=O) groups excluding carboxylic acids is 2. The first-order valence-corrected chi connectivity index (χ1v) is 8.26. The molecular weight excluding hydrogens is 326 g/mol. The molecule has 0 saturated heterocycles. The number of non-ortho nitro benzene ring substituents is 1. The van der Waals surface area contributed by atoms with Gasteiger partial charge in [-0.1, -0.05) is 26.2 Å². The molecule has 8 nitrogen and oxygen atoms in total. The van der Waals surface area contributed by atoms with Crippen LogP contribution in [-0.2, 0) is 9.53 Å². The van der Waals surface area contributed by atoms with Gasteiger partial charge in [0.25, 0.3) is 11.6 Å². The van der Waals surface area contributed by atoms with E-state index in [0.29, 0.717) is 12.2 Å². The zero-order valence-corrected chi connectivity index (χ0v) is 14.9. The number of nitro groups is 1. The quantitative estimate of drug-likeness (QED) is 0.301. The molecule has 1 aromatic rings. The fraction of sp³-hybridized carbons (Fsp3) is 0.529. The van der Waals surface area contributed by atoms with Crippen LogP contribution in [0, 0.1) is 10.1 Å². The maximum absolute atomic E-state index is 12.2. The molecule has 0 aliphatic heterocycles. The minimum absolute atomic E-state index is 0.0509.